The van der Waals surface area contributed by atoms with Gasteiger partial charge in [0.05, 0.1) is 65.7 Å². The van der Waals surface area contributed by atoms with Gasteiger partial charge in [0, 0.05) is 26.4 Å². The van der Waals surface area contributed by atoms with E-state index >= 15 is 0 Å². The van der Waals surface area contributed by atoms with Crippen LogP contribution in [0.15, 0.2) is 0 Å². The van der Waals surface area contributed by atoms with Crippen molar-refractivity contribution in [2.45, 2.75) is 102 Å². The lowest BCUT2D eigenvalue weighted by molar-refractivity contribution is -0.151. The van der Waals surface area contributed by atoms with Gasteiger partial charge in [0.25, 0.3) is 20.2 Å². The summed E-state index contributed by atoms with van der Waals surface area (Å²) in [5.41, 5.74) is 0. The van der Waals surface area contributed by atoms with Gasteiger partial charge in [0.1, 0.15) is 26.4 Å². The molecule has 0 aliphatic carbocycles. The molecule has 0 fully saturated rings. The van der Waals surface area contributed by atoms with E-state index in [0.717, 1.165) is 51.4 Å². The minimum absolute atomic E-state index is 0.0189. The van der Waals surface area contributed by atoms with Crippen molar-refractivity contribution in [2.75, 3.05) is 106 Å². The Morgan fingerprint density at radius 2 is 0.603 bits per heavy atom. The molecule has 0 aliphatic heterocycles. The van der Waals surface area contributed by atoms with E-state index in [9.17, 15) is 40.6 Å². The van der Waals surface area contributed by atoms with Crippen LogP contribution in [0.25, 0.3) is 0 Å². The highest BCUT2D eigenvalue weighted by atomic mass is 32.2. The van der Waals surface area contributed by atoms with Crippen molar-refractivity contribution in [3.63, 3.8) is 0 Å². The fourth-order valence-electron chi connectivity index (χ4n) is 3.89. The summed E-state index contributed by atoms with van der Waals surface area (Å²) in [6, 6.07) is 0. The summed E-state index contributed by atoms with van der Waals surface area (Å²) in [4.78, 5) is 47.2. The fraction of sp³-hybridized carbons (Fsp3) is 0.889. The lowest BCUT2D eigenvalue weighted by Crippen LogP contribution is -2.35. The molecule has 58 heavy (non-hydrogen) atoms. The molecule has 2 atom stereocenters. The molecule has 0 aliphatic rings. The van der Waals surface area contributed by atoms with Gasteiger partial charge in [-0.25, -0.2) is 0 Å². The Morgan fingerprint density at radius 1 is 0.379 bits per heavy atom. The molecule has 0 aromatic rings. The van der Waals surface area contributed by atoms with E-state index in [2.05, 4.69) is 13.8 Å². The van der Waals surface area contributed by atoms with E-state index in [1.165, 1.54) is 0 Å². The maximum absolute atomic E-state index is 12.0. The predicted octanol–water partition coefficient (Wildman–Crippen LogP) is 2.74. The number of rotatable bonds is 38. The highest BCUT2D eigenvalue weighted by Gasteiger charge is 2.36. The summed E-state index contributed by atoms with van der Waals surface area (Å²) in [6.45, 7) is 11.6. The Kier molecular flexibility index (Phi) is 38.4. The van der Waals surface area contributed by atoms with Gasteiger partial charge in [0.15, 0.2) is 10.5 Å². The lowest BCUT2D eigenvalue weighted by Gasteiger charge is -2.13. The van der Waals surface area contributed by atoms with Crippen molar-refractivity contribution in [3.05, 3.63) is 0 Å². The third-order valence-corrected chi connectivity index (χ3v) is 9.34. The number of hydrogen-bond donors (Lipinski definition) is 2. The van der Waals surface area contributed by atoms with Crippen LogP contribution in [0.3, 0.4) is 0 Å². The van der Waals surface area contributed by atoms with Crippen LogP contribution >= 0.6 is 0 Å². The van der Waals surface area contributed by atoms with E-state index in [1.807, 2.05) is 13.8 Å². The van der Waals surface area contributed by atoms with Crippen LogP contribution in [-0.2, 0) is 86.8 Å². The van der Waals surface area contributed by atoms with Crippen LogP contribution in [0.2, 0.25) is 0 Å². The Morgan fingerprint density at radius 3 is 0.845 bits per heavy atom. The number of carbonyl (C=O) groups is 4. The second kappa shape index (κ2) is 38.6. The molecule has 2 unspecified atom stereocenters. The van der Waals surface area contributed by atoms with Gasteiger partial charge in [-0.05, 0) is 25.7 Å². The van der Waals surface area contributed by atoms with Gasteiger partial charge in [-0.1, -0.05) is 53.4 Å². The van der Waals surface area contributed by atoms with Gasteiger partial charge in [-0.15, -0.1) is 0 Å². The first kappa shape index (κ1) is 57.6. The normalized spacial score (nSPS) is 12.5. The van der Waals surface area contributed by atoms with Gasteiger partial charge in [-0.2, -0.15) is 16.8 Å². The molecule has 0 amide bonds. The van der Waals surface area contributed by atoms with Crippen molar-refractivity contribution < 1.29 is 92.5 Å². The molecule has 0 heterocycles. The summed E-state index contributed by atoms with van der Waals surface area (Å²) >= 11 is 0. The Hall–Kier alpha value is -2.54. The monoisotopic (exact) mass is 884 g/mol. The molecular formula is C36H68O20S2. The predicted molar refractivity (Wildman–Crippen MR) is 208 cm³/mol. The van der Waals surface area contributed by atoms with Crippen LogP contribution in [0.1, 0.15) is 91.9 Å². The van der Waals surface area contributed by atoms with E-state index in [-0.39, 0.29) is 52.9 Å². The molecule has 0 radical (unpaired) electrons. The van der Waals surface area contributed by atoms with Gasteiger partial charge < -0.3 is 47.4 Å². The van der Waals surface area contributed by atoms with Gasteiger partial charge in [-0.3, -0.25) is 28.3 Å². The van der Waals surface area contributed by atoms with Crippen molar-refractivity contribution >= 4 is 44.1 Å². The third kappa shape index (κ3) is 36.5. The zero-order valence-corrected chi connectivity index (χ0v) is 36.2. The first-order valence-electron chi connectivity index (χ1n) is 19.7. The molecule has 0 saturated carbocycles. The fourth-order valence-corrected chi connectivity index (χ4v) is 5.21. The molecule has 0 rings (SSSR count). The molecular weight excluding hydrogens is 817 g/mol. The number of esters is 4. The van der Waals surface area contributed by atoms with Crippen LogP contribution in [-0.4, -0.2) is 166 Å². The van der Waals surface area contributed by atoms with E-state index in [4.69, 9.17) is 51.9 Å². The van der Waals surface area contributed by atoms with Crippen LogP contribution in [0, 0.1) is 0 Å². The summed E-state index contributed by atoms with van der Waals surface area (Å²) in [5.74, 6) is -4.40. The van der Waals surface area contributed by atoms with E-state index in [1.54, 1.807) is 0 Å². The first-order valence-corrected chi connectivity index (χ1v) is 22.7. The van der Waals surface area contributed by atoms with Crippen molar-refractivity contribution in [3.8, 4) is 0 Å². The number of hydrogen-bond acceptors (Lipinski definition) is 18. The Bertz CT molecular complexity index is 1260. The molecule has 20 nitrogen and oxygen atoms in total. The standard InChI is InChI=1S/C20H38O11S.C16H30O9S/c1-3-5-7-26-9-11-28-13-15-30-19(21)17-18(32(23,24)25)20(22)31-16-14-29-12-10-27-8-6-4-2;1-3-5-7-22-9-11-24-15(17)13-14(26(19,20)21)16(18)25-12-10-23-8-6-4-2/h18H,3-17H2,1-2H3,(H,23,24,25);14H,3-13H2,1-2H3,(H,19,20,21). The lowest BCUT2D eigenvalue weighted by atomic mass is 10.3. The highest BCUT2D eigenvalue weighted by Crippen LogP contribution is 2.10. The minimum Gasteiger partial charge on any atom is -0.463 e. The van der Waals surface area contributed by atoms with Crippen LogP contribution in [0.5, 0.6) is 0 Å². The summed E-state index contributed by atoms with van der Waals surface area (Å²) in [5, 5.41) is -4.09. The smallest absolute Gasteiger partial charge is 0.327 e. The van der Waals surface area contributed by atoms with Gasteiger partial charge in [0.2, 0.25) is 0 Å². The number of ether oxygens (including phenoxy) is 10. The highest BCUT2D eigenvalue weighted by molar-refractivity contribution is 7.87. The third-order valence-electron chi connectivity index (χ3n) is 7.19. The maximum atomic E-state index is 12.0. The SMILES string of the molecule is CCCCOCCOC(=O)CC(C(=O)OCCOCCCC)S(=O)(=O)O.CCCCOCCOCCOC(=O)CC(C(=O)OCCOCCOCCCC)S(=O)(=O)O. The molecule has 0 bridgehead atoms. The molecule has 344 valence electrons. The summed E-state index contributed by atoms with van der Waals surface area (Å²) in [7, 11) is -9.65. The Labute approximate surface area is 344 Å². The van der Waals surface area contributed by atoms with Crippen LogP contribution < -0.4 is 0 Å². The van der Waals surface area contributed by atoms with Crippen LogP contribution in [0.4, 0.5) is 0 Å². The molecule has 2 N–H and O–H groups in total. The average molecular weight is 885 g/mol. The zero-order chi connectivity index (χ0) is 43.9. The number of carbonyl (C=O) groups excluding carboxylic acids is 4. The van der Waals surface area contributed by atoms with Gasteiger partial charge >= 0.3 is 23.9 Å². The topological polar surface area (TPSA) is 269 Å². The molecule has 0 aromatic heterocycles. The zero-order valence-electron chi connectivity index (χ0n) is 34.6. The Balaban J connectivity index is 0. The van der Waals surface area contributed by atoms with Crippen molar-refractivity contribution in [2.24, 2.45) is 0 Å². The quantitative estimate of drug-likeness (QED) is 0.0390. The summed E-state index contributed by atoms with van der Waals surface area (Å²) in [6.07, 6.45) is 5.96. The molecule has 0 aromatic carbocycles. The van der Waals surface area contributed by atoms with Crippen molar-refractivity contribution in [1.29, 1.82) is 0 Å². The number of unbranched alkanes of at least 4 members (excludes halogenated alkanes) is 4. The maximum Gasteiger partial charge on any atom is 0.327 e. The molecule has 0 spiro atoms. The largest absolute Gasteiger partial charge is 0.463 e. The average Bonchev–Trinajstić information content (AvgIpc) is 3.16. The second-order valence-electron chi connectivity index (χ2n) is 12.3. The second-order valence-corrected chi connectivity index (χ2v) is 15.5. The minimum atomic E-state index is -4.85. The first-order chi connectivity index (χ1) is 27.6. The molecule has 0 saturated heterocycles. The van der Waals surface area contributed by atoms with Crippen molar-refractivity contribution in [1.82, 2.24) is 0 Å². The molecule has 22 heteroatoms. The summed E-state index contributed by atoms with van der Waals surface area (Å²) < 4.78 is 114. The van der Waals surface area contributed by atoms with E-state index in [0.29, 0.717) is 52.9 Å². The van der Waals surface area contributed by atoms with E-state index < -0.39 is 67.5 Å².